The fourth-order valence-electron chi connectivity index (χ4n) is 10.6. The molecule has 0 atom stereocenters. The molecule has 12 rings (SSSR count). The number of nitrogens with zero attached hydrogens (tertiary/aromatic N) is 4. The van der Waals surface area contributed by atoms with Crippen LogP contribution in [0.25, 0.3) is 111 Å². The highest BCUT2D eigenvalue weighted by atomic mass is 15.0. The molecule has 0 amide bonds. The monoisotopic (exact) mass is 870 g/mol. The van der Waals surface area contributed by atoms with Gasteiger partial charge in [-0.15, -0.1) is 0 Å². The zero-order valence-electron chi connectivity index (χ0n) is 38.4. The van der Waals surface area contributed by atoms with E-state index in [1.54, 1.807) is 0 Å². The average molecular weight is 871 g/mol. The van der Waals surface area contributed by atoms with E-state index < -0.39 is 0 Å². The number of aryl methyl sites for hydroxylation is 4. The second-order valence-electron chi connectivity index (χ2n) is 18.1. The fraction of sp³-hybridized carbons (Fsp3) is 0.0625. The Morgan fingerprint density at radius 3 is 0.941 bits per heavy atom. The van der Waals surface area contributed by atoms with Crippen LogP contribution < -0.4 is 0 Å². The summed E-state index contributed by atoms with van der Waals surface area (Å²) in [5.41, 5.74) is 23.4. The van der Waals surface area contributed by atoms with Crippen LogP contribution in [0.3, 0.4) is 0 Å². The van der Waals surface area contributed by atoms with Crippen molar-refractivity contribution in [3.63, 3.8) is 0 Å². The van der Waals surface area contributed by atoms with Gasteiger partial charge in [0, 0.05) is 27.1 Å². The number of rotatable bonds is 7. The van der Waals surface area contributed by atoms with Gasteiger partial charge in [-0.25, -0.2) is 0 Å². The molecule has 0 radical (unpaired) electrons. The molecule has 3 aromatic heterocycles. The zero-order chi connectivity index (χ0) is 46.0. The van der Waals surface area contributed by atoms with E-state index >= 15 is 0 Å². The van der Waals surface area contributed by atoms with Crippen molar-refractivity contribution in [2.45, 2.75) is 27.7 Å². The summed E-state index contributed by atoms with van der Waals surface area (Å²) in [6.07, 6.45) is 4.03. The van der Waals surface area contributed by atoms with E-state index in [-0.39, 0.29) is 0 Å². The van der Waals surface area contributed by atoms with Gasteiger partial charge in [-0.05, 0) is 161 Å². The Labute approximate surface area is 396 Å². The molecule has 0 fully saturated rings. The molecule has 0 aliphatic rings. The molecule has 9 aromatic carbocycles. The molecule has 4 nitrogen and oxygen atoms in total. The third-order valence-electron chi connectivity index (χ3n) is 14.0. The lowest BCUT2D eigenvalue weighted by Gasteiger charge is -2.20. The predicted molar refractivity (Wildman–Crippen MR) is 284 cm³/mol. The van der Waals surface area contributed by atoms with Crippen LogP contribution in [0.5, 0.6) is 0 Å². The minimum Gasteiger partial charge on any atom is -0.307 e. The van der Waals surface area contributed by atoms with Crippen LogP contribution in [0.1, 0.15) is 27.8 Å². The minimum absolute atomic E-state index is 0.611. The first kappa shape index (κ1) is 40.7. The number of benzene rings is 9. The van der Waals surface area contributed by atoms with E-state index in [4.69, 9.17) is 4.98 Å². The summed E-state index contributed by atoms with van der Waals surface area (Å²) in [6, 6.07) is 72.4. The van der Waals surface area contributed by atoms with Gasteiger partial charge in [0.05, 0.1) is 57.5 Å². The van der Waals surface area contributed by atoms with Crippen molar-refractivity contribution < 1.29 is 0 Å². The summed E-state index contributed by atoms with van der Waals surface area (Å²) in [7, 11) is 0. The van der Waals surface area contributed by atoms with Crippen molar-refractivity contribution in [2.75, 3.05) is 0 Å². The molecule has 3 heterocycles. The smallest absolute Gasteiger partial charge is 0.0991 e. The lowest BCUT2D eigenvalue weighted by molar-refractivity contribution is 1.09. The number of hydrogen-bond donors (Lipinski definition) is 0. The Kier molecular flexibility index (Phi) is 9.74. The van der Waals surface area contributed by atoms with E-state index in [0.29, 0.717) is 5.56 Å². The summed E-state index contributed by atoms with van der Waals surface area (Å²) in [6.45, 7) is 8.73. The topological polar surface area (TPSA) is 46.5 Å². The Balaban J connectivity index is 1.18. The van der Waals surface area contributed by atoms with Gasteiger partial charge in [-0.1, -0.05) is 133 Å². The minimum atomic E-state index is 0.611. The van der Waals surface area contributed by atoms with Crippen molar-refractivity contribution in [1.82, 2.24) is 14.1 Å². The lowest BCUT2D eigenvalue weighted by atomic mass is 9.97. The van der Waals surface area contributed by atoms with Crippen molar-refractivity contribution in [2.24, 2.45) is 0 Å². The van der Waals surface area contributed by atoms with Gasteiger partial charge >= 0.3 is 0 Å². The normalized spacial score (nSPS) is 11.5. The summed E-state index contributed by atoms with van der Waals surface area (Å²) in [5, 5.41) is 14.7. The molecule has 0 spiro atoms. The SMILES string of the molecule is Cc1ccccc1-c1ccc2c(c1)c1cc(-c3ccccc3C)ccc1n2-c1cncc(-n2c3ccc(-c4ccccc4C)cc3c3cc(-c4ccccc4C)ccc32)c1-c1ccc(C#N)cc1. The van der Waals surface area contributed by atoms with Crippen LogP contribution in [-0.4, -0.2) is 14.1 Å². The lowest BCUT2D eigenvalue weighted by Crippen LogP contribution is -2.05. The molecular weight excluding hydrogens is 825 g/mol. The van der Waals surface area contributed by atoms with Gasteiger partial charge in [-0.2, -0.15) is 5.26 Å². The van der Waals surface area contributed by atoms with Crippen molar-refractivity contribution in [3.05, 3.63) is 234 Å². The van der Waals surface area contributed by atoms with Gasteiger partial charge < -0.3 is 9.13 Å². The average Bonchev–Trinajstić information content (AvgIpc) is 3.88. The summed E-state index contributed by atoms with van der Waals surface area (Å²) >= 11 is 0. The molecule has 0 aliphatic heterocycles. The van der Waals surface area contributed by atoms with Crippen LogP contribution in [0.4, 0.5) is 0 Å². The molecular formula is C64H46N4. The standard InChI is InChI=1S/C64H46N4/c1-40-13-5-9-17-50(40)46-25-29-58-54(33-46)55-34-47(51-18-10-6-14-41(51)2)26-30-59(55)67(58)62-38-66-39-63(64(62)45-23-21-44(37-65)22-24-45)68-60-31-27-48(52-19-11-7-15-42(52)3)35-56(60)57-36-49(28-32-61(57)68)53-20-12-8-16-43(53)4/h5-36,38-39H,1-4H3. The molecule has 322 valence electrons. The molecule has 4 heteroatoms. The highest BCUT2D eigenvalue weighted by Gasteiger charge is 2.24. The molecule has 0 N–H and O–H groups in total. The van der Waals surface area contributed by atoms with Crippen molar-refractivity contribution >= 4 is 43.6 Å². The summed E-state index contributed by atoms with van der Waals surface area (Å²) in [4.78, 5) is 5.16. The number of nitriles is 1. The zero-order valence-corrected chi connectivity index (χ0v) is 38.4. The largest absolute Gasteiger partial charge is 0.307 e. The number of pyridine rings is 1. The molecule has 0 bridgehead atoms. The number of aromatic nitrogens is 3. The van der Waals surface area contributed by atoms with Gasteiger partial charge in [0.25, 0.3) is 0 Å². The Bertz CT molecular complexity index is 3590. The quantitative estimate of drug-likeness (QED) is 0.160. The van der Waals surface area contributed by atoms with E-state index in [0.717, 1.165) is 66.1 Å². The second kappa shape index (κ2) is 16.3. The van der Waals surface area contributed by atoms with Crippen molar-refractivity contribution in [1.29, 1.82) is 5.26 Å². The van der Waals surface area contributed by atoms with E-state index in [1.807, 2.05) is 24.5 Å². The van der Waals surface area contributed by atoms with Crippen LogP contribution in [0.15, 0.2) is 207 Å². The maximum absolute atomic E-state index is 10.0. The molecule has 0 aliphatic carbocycles. The van der Waals surface area contributed by atoms with Crippen LogP contribution in [-0.2, 0) is 0 Å². The second-order valence-corrected chi connectivity index (χ2v) is 18.1. The first-order valence-electron chi connectivity index (χ1n) is 23.2. The molecule has 0 saturated carbocycles. The van der Waals surface area contributed by atoms with E-state index in [2.05, 4.69) is 225 Å². The highest BCUT2D eigenvalue weighted by Crippen LogP contribution is 2.45. The van der Waals surface area contributed by atoms with E-state index in [9.17, 15) is 5.26 Å². The van der Waals surface area contributed by atoms with Gasteiger partial charge in [0.15, 0.2) is 0 Å². The van der Waals surface area contributed by atoms with E-state index in [1.165, 1.54) is 66.8 Å². The summed E-state index contributed by atoms with van der Waals surface area (Å²) in [5.74, 6) is 0. The fourth-order valence-corrected chi connectivity index (χ4v) is 10.6. The maximum Gasteiger partial charge on any atom is 0.0991 e. The number of hydrogen-bond acceptors (Lipinski definition) is 2. The maximum atomic E-state index is 10.0. The Morgan fingerprint density at radius 2 is 0.647 bits per heavy atom. The Hall–Kier alpha value is -8.78. The van der Waals surface area contributed by atoms with Crippen LogP contribution >= 0.6 is 0 Å². The first-order valence-corrected chi connectivity index (χ1v) is 23.2. The van der Waals surface area contributed by atoms with Crippen LogP contribution in [0, 0.1) is 39.0 Å². The predicted octanol–water partition coefficient (Wildman–Crippen LogP) is 16.7. The van der Waals surface area contributed by atoms with Crippen LogP contribution in [0.2, 0.25) is 0 Å². The van der Waals surface area contributed by atoms with Gasteiger partial charge in [0.2, 0.25) is 0 Å². The highest BCUT2D eigenvalue weighted by molar-refractivity contribution is 6.14. The molecule has 12 aromatic rings. The molecule has 68 heavy (non-hydrogen) atoms. The Morgan fingerprint density at radius 1 is 0.353 bits per heavy atom. The molecule has 0 unspecified atom stereocenters. The van der Waals surface area contributed by atoms with Gasteiger partial charge in [-0.3, -0.25) is 4.98 Å². The molecule has 0 saturated heterocycles. The van der Waals surface area contributed by atoms with Crippen molar-refractivity contribution in [3.8, 4) is 73.1 Å². The number of fused-ring (bicyclic) bond motifs is 6. The van der Waals surface area contributed by atoms with Gasteiger partial charge in [0.1, 0.15) is 0 Å². The summed E-state index contributed by atoms with van der Waals surface area (Å²) < 4.78 is 4.80. The first-order chi connectivity index (χ1) is 33.3. The third-order valence-corrected chi connectivity index (χ3v) is 14.0. The third kappa shape index (κ3) is 6.63.